The second-order valence-corrected chi connectivity index (χ2v) is 9.78. The third kappa shape index (κ3) is 4.09. The predicted octanol–water partition coefficient (Wildman–Crippen LogP) is 4.56. The van der Waals surface area contributed by atoms with Crippen molar-refractivity contribution < 1.29 is 13.9 Å². The topological polar surface area (TPSA) is 76.4 Å². The Balaban J connectivity index is 1.65. The van der Waals surface area contributed by atoms with Crippen LogP contribution in [0, 0.1) is 5.82 Å². The first-order valence-corrected chi connectivity index (χ1v) is 13.0. The van der Waals surface area contributed by atoms with Crippen LogP contribution in [0.2, 0.25) is 0 Å². The molecule has 0 saturated heterocycles. The number of thiazole rings is 1. The number of H-pyrrole nitrogens is 1. The Bertz CT molecular complexity index is 1880. The lowest BCUT2D eigenvalue weighted by Crippen LogP contribution is -2.40. The van der Waals surface area contributed by atoms with Gasteiger partial charge < -0.3 is 9.72 Å². The molecule has 0 aliphatic carbocycles. The molecule has 6 nitrogen and oxygen atoms in total. The summed E-state index contributed by atoms with van der Waals surface area (Å²) >= 11 is 1.25. The van der Waals surface area contributed by atoms with Gasteiger partial charge in [0.2, 0.25) is 0 Å². The number of esters is 1. The lowest BCUT2D eigenvalue weighted by Gasteiger charge is -2.25. The van der Waals surface area contributed by atoms with Crippen molar-refractivity contribution in [2.45, 2.75) is 13.0 Å². The molecule has 0 saturated carbocycles. The molecule has 1 aliphatic heterocycles. The molecule has 0 amide bonds. The van der Waals surface area contributed by atoms with Crippen LogP contribution in [-0.4, -0.2) is 22.1 Å². The smallest absolute Gasteiger partial charge is 0.338 e. The molecule has 188 valence electrons. The summed E-state index contributed by atoms with van der Waals surface area (Å²) in [4.78, 5) is 35.8. The molecule has 1 atom stereocenters. The number of ether oxygens (including phenoxy) is 1. The number of rotatable bonds is 5. The molecule has 38 heavy (non-hydrogen) atoms. The number of halogens is 1. The molecule has 0 radical (unpaired) electrons. The first-order valence-electron chi connectivity index (χ1n) is 12.1. The maximum atomic E-state index is 13.9. The van der Waals surface area contributed by atoms with Crippen molar-refractivity contribution in [2.24, 2.45) is 4.99 Å². The van der Waals surface area contributed by atoms with Crippen LogP contribution < -0.4 is 14.9 Å². The van der Waals surface area contributed by atoms with Crippen LogP contribution in [0.5, 0.6) is 0 Å². The number of nitrogens with zero attached hydrogens (tertiary/aromatic N) is 2. The van der Waals surface area contributed by atoms with Gasteiger partial charge in [-0.05, 0) is 36.8 Å². The zero-order valence-electron chi connectivity index (χ0n) is 20.4. The molecule has 1 aliphatic rings. The lowest BCUT2D eigenvalue weighted by molar-refractivity contribution is -0.138. The van der Waals surface area contributed by atoms with Gasteiger partial charge in [0.05, 0.1) is 28.5 Å². The van der Waals surface area contributed by atoms with E-state index in [4.69, 9.17) is 9.73 Å². The van der Waals surface area contributed by atoms with Gasteiger partial charge in [-0.3, -0.25) is 9.36 Å². The SMILES string of the molecule is CCOC(=O)C1=C(c2ccccc2)N=c2s/c(=C/c3c[nH]c4ccccc34)c(=O)n2C1c1ccc(F)cc1. The van der Waals surface area contributed by atoms with Gasteiger partial charge in [0.25, 0.3) is 5.56 Å². The van der Waals surface area contributed by atoms with Crippen molar-refractivity contribution in [3.05, 3.63) is 133 Å². The number of benzene rings is 3. The summed E-state index contributed by atoms with van der Waals surface area (Å²) in [6.07, 6.45) is 3.69. The van der Waals surface area contributed by atoms with E-state index in [0.717, 1.165) is 22.0 Å². The summed E-state index contributed by atoms with van der Waals surface area (Å²) in [5.74, 6) is -0.985. The number of carbonyl (C=O) groups excluding carboxylic acids is 1. The fraction of sp³-hybridized carbons (Fsp3) is 0.100. The minimum Gasteiger partial charge on any atom is -0.463 e. The Labute approximate surface area is 220 Å². The van der Waals surface area contributed by atoms with E-state index >= 15 is 0 Å². The zero-order chi connectivity index (χ0) is 26.2. The highest BCUT2D eigenvalue weighted by atomic mass is 32.1. The predicted molar refractivity (Wildman–Crippen MR) is 146 cm³/mol. The summed E-state index contributed by atoms with van der Waals surface area (Å²) < 4.78 is 21.3. The van der Waals surface area contributed by atoms with E-state index in [-0.39, 0.29) is 17.7 Å². The summed E-state index contributed by atoms with van der Waals surface area (Å²) in [7, 11) is 0. The van der Waals surface area contributed by atoms with E-state index in [0.29, 0.717) is 20.6 Å². The Kier molecular flexibility index (Phi) is 6.09. The van der Waals surface area contributed by atoms with Gasteiger partial charge in [-0.2, -0.15) is 0 Å². The van der Waals surface area contributed by atoms with E-state index in [1.807, 2.05) is 66.9 Å². The summed E-state index contributed by atoms with van der Waals surface area (Å²) in [6, 6.07) is 22.2. The molecule has 6 rings (SSSR count). The van der Waals surface area contributed by atoms with Crippen molar-refractivity contribution >= 4 is 40.0 Å². The Morgan fingerprint density at radius 1 is 1.08 bits per heavy atom. The van der Waals surface area contributed by atoms with E-state index in [1.165, 1.54) is 28.0 Å². The molecule has 3 heterocycles. The fourth-order valence-electron chi connectivity index (χ4n) is 4.76. The van der Waals surface area contributed by atoms with Crippen LogP contribution in [0.25, 0.3) is 22.7 Å². The van der Waals surface area contributed by atoms with Gasteiger partial charge >= 0.3 is 5.97 Å². The van der Waals surface area contributed by atoms with Gasteiger partial charge in [-0.25, -0.2) is 14.2 Å². The minimum atomic E-state index is -0.841. The van der Waals surface area contributed by atoms with E-state index in [1.54, 1.807) is 19.1 Å². The van der Waals surface area contributed by atoms with Crippen molar-refractivity contribution in [3.8, 4) is 0 Å². The first-order chi connectivity index (χ1) is 18.5. The van der Waals surface area contributed by atoms with Crippen LogP contribution in [-0.2, 0) is 9.53 Å². The maximum absolute atomic E-state index is 13.9. The molecule has 0 bridgehead atoms. The van der Waals surface area contributed by atoms with Crippen LogP contribution in [0.15, 0.2) is 100 Å². The molecular weight excluding hydrogens is 501 g/mol. The molecule has 0 fully saturated rings. The monoisotopic (exact) mass is 523 g/mol. The van der Waals surface area contributed by atoms with E-state index < -0.39 is 17.8 Å². The largest absolute Gasteiger partial charge is 0.463 e. The average molecular weight is 524 g/mol. The minimum absolute atomic E-state index is 0.158. The number of nitrogens with one attached hydrogen (secondary N) is 1. The van der Waals surface area contributed by atoms with E-state index in [9.17, 15) is 14.0 Å². The van der Waals surface area contributed by atoms with Crippen LogP contribution in [0.4, 0.5) is 4.39 Å². The fourth-order valence-corrected chi connectivity index (χ4v) is 5.75. The molecule has 0 spiro atoms. The van der Waals surface area contributed by atoms with E-state index in [2.05, 4.69) is 4.98 Å². The molecule has 3 aromatic carbocycles. The normalized spacial score (nSPS) is 15.4. The van der Waals surface area contributed by atoms with Crippen LogP contribution in [0.1, 0.15) is 29.7 Å². The van der Waals surface area contributed by atoms with Gasteiger partial charge in [-0.15, -0.1) is 0 Å². The van der Waals surface area contributed by atoms with Gasteiger partial charge in [-0.1, -0.05) is 72.0 Å². The number of hydrogen-bond acceptors (Lipinski definition) is 5. The number of fused-ring (bicyclic) bond motifs is 2. The summed E-state index contributed by atoms with van der Waals surface area (Å²) in [5, 5.41) is 0.991. The lowest BCUT2D eigenvalue weighted by atomic mass is 9.93. The Morgan fingerprint density at radius 2 is 1.82 bits per heavy atom. The Hall–Kier alpha value is -4.56. The first kappa shape index (κ1) is 23.8. The molecule has 1 unspecified atom stereocenters. The maximum Gasteiger partial charge on any atom is 0.338 e. The van der Waals surface area contributed by atoms with Crippen LogP contribution in [0.3, 0.4) is 0 Å². The van der Waals surface area contributed by atoms with Crippen molar-refractivity contribution in [1.82, 2.24) is 9.55 Å². The molecular formula is C30H22FN3O3S. The third-order valence-electron chi connectivity index (χ3n) is 6.47. The number of carbonyl (C=O) groups is 1. The Morgan fingerprint density at radius 3 is 2.58 bits per heavy atom. The van der Waals surface area contributed by atoms with Gasteiger partial charge in [0.1, 0.15) is 5.82 Å². The van der Waals surface area contributed by atoms with Crippen molar-refractivity contribution in [2.75, 3.05) is 6.61 Å². The second kappa shape index (κ2) is 9.72. The highest BCUT2D eigenvalue weighted by Crippen LogP contribution is 2.35. The third-order valence-corrected chi connectivity index (χ3v) is 7.45. The standard InChI is InChI=1S/C30H22FN3O3S/c1-2-37-29(36)25-26(18-8-4-3-5-9-18)33-30-34(27(25)19-12-14-21(31)15-13-19)28(35)24(38-30)16-20-17-32-23-11-7-6-10-22(20)23/h3-17,27,32H,2H2,1H3/b24-16+. The van der Waals surface area contributed by atoms with Gasteiger partial charge in [0.15, 0.2) is 4.80 Å². The summed E-state index contributed by atoms with van der Waals surface area (Å²) in [5.41, 5.74) is 3.51. The number of para-hydroxylation sites is 1. The highest BCUT2D eigenvalue weighted by Gasteiger charge is 2.35. The highest BCUT2D eigenvalue weighted by molar-refractivity contribution is 7.07. The number of hydrogen-bond donors (Lipinski definition) is 1. The average Bonchev–Trinajstić information content (AvgIpc) is 3.49. The van der Waals surface area contributed by atoms with Crippen molar-refractivity contribution in [3.63, 3.8) is 0 Å². The molecule has 5 aromatic rings. The quantitative estimate of drug-likeness (QED) is 0.343. The zero-order valence-corrected chi connectivity index (χ0v) is 21.2. The molecule has 8 heteroatoms. The molecule has 2 aromatic heterocycles. The van der Waals surface area contributed by atoms with Crippen molar-refractivity contribution in [1.29, 1.82) is 0 Å². The summed E-state index contributed by atoms with van der Waals surface area (Å²) in [6.45, 7) is 1.88. The van der Waals surface area contributed by atoms with Crippen LogP contribution >= 0.6 is 11.3 Å². The molecule has 1 N–H and O–H groups in total. The number of aromatic nitrogens is 2. The van der Waals surface area contributed by atoms with Gasteiger partial charge in [0, 0.05) is 28.2 Å². The second-order valence-electron chi connectivity index (χ2n) is 8.77. The number of aromatic amines is 1.